The molecule has 22 heavy (non-hydrogen) atoms. The van der Waals surface area contributed by atoms with E-state index < -0.39 is 12.1 Å². The lowest BCUT2D eigenvalue weighted by Crippen LogP contribution is -2.14. The highest BCUT2D eigenvalue weighted by atomic mass is 16.4. The topological polar surface area (TPSA) is 74.6 Å². The van der Waals surface area contributed by atoms with Crippen molar-refractivity contribution in [2.24, 2.45) is 11.8 Å². The minimum atomic E-state index is -0.803. The molecule has 0 fully saturated rings. The fourth-order valence-electron chi connectivity index (χ4n) is 2.78. The third-order valence-corrected chi connectivity index (χ3v) is 4.12. The van der Waals surface area contributed by atoms with E-state index in [0.717, 1.165) is 12.8 Å². The van der Waals surface area contributed by atoms with Crippen LogP contribution in [0.3, 0.4) is 0 Å². The number of carboxylic acid groups (broad SMARTS) is 1. The Kier molecular flexibility index (Phi) is 8.75. The second kappa shape index (κ2) is 10.3. The zero-order chi connectivity index (χ0) is 16.4. The van der Waals surface area contributed by atoms with Gasteiger partial charge in [-0.25, -0.2) is 0 Å². The number of rotatable bonds is 11. The molecule has 0 saturated carbocycles. The molecule has 0 amide bonds. The monoisotopic (exact) mass is 308 g/mol. The fourth-order valence-corrected chi connectivity index (χ4v) is 2.78. The molecule has 0 heterocycles. The molecule has 0 spiro atoms. The van der Waals surface area contributed by atoms with Gasteiger partial charge < -0.3 is 10.2 Å². The van der Waals surface area contributed by atoms with Crippen LogP contribution in [0.25, 0.3) is 0 Å². The van der Waals surface area contributed by atoms with Gasteiger partial charge in [0.05, 0.1) is 6.10 Å². The van der Waals surface area contributed by atoms with Gasteiger partial charge in [-0.1, -0.05) is 44.4 Å². The molecule has 1 aliphatic rings. The van der Waals surface area contributed by atoms with E-state index >= 15 is 0 Å². The maximum Gasteiger partial charge on any atom is 0.303 e. The Balaban J connectivity index is 2.35. The van der Waals surface area contributed by atoms with Crippen molar-refractivity contribution in [3.8, 4) is 0 Å². The van der Waals surface area contributed by atoms with Crippen molar-refractivity contribution in [1.29, 1.82) is 0 Å². The Bertz CT molecular complexity index is 411. The zero-order valence-electron chi connectivity index (χ0n) is 13.4. The Morgan fingerprint density at radius 1 is 1.32 bits per heavy atom. The average molecular weight is 308 g/mol. The van der Waals surface area contributed by atoms with Crippen molar-refractivity contribution >= 4 is 11.8 Å². The van der Waals surface area contributed by atoms with Gasteiger partial charge in [0, 0.05) is 12.3 Å². The second-order valence-electron chi connectivity index (χ2n) is 6.04. The molecule has 3 atom stereocenters. The van der Waals surface area contributed by atoms with Crippen LogP contribution in [0.5, 0.6) is 0 Å². The molecular formula is C18H28O4. The molecule has 2 N–H and O–H groups in total. The minimum absolute atomic E-state index is 0.121. The lowest BCUT2D eigenvalue weighted by molar-refractivity contribution is -0.137. The van der Waals surface area contributed by atoms with Crippen LogP contribution < -0.4 is 0 Å². The zero-order valence-corrected chi connectivity index (χ0v) is 13.4. The number of aliphatic hydroxyl groups is 1. The van der Waals surface area contributed by atoms with Crippen molar-refractivity contribution < 1.29 is 19.8 Å². The van der Waals surface area contributed by atoms with Crippen LogP contribution in [-0.4, -0.2) is 28.1 Å². The fraction of sp³-hybridized carbons (Fsp3) is 0.667. The standard InChI is InChI=1S/C18H28O4/c1-2-3-4-7-14-10-13-17(20)16(14)12-11-15(19)8-5-6-9-18(21)22/h10-16,19H,2-9H2,1H3,(H,21,22)/b12-11+/t14-,15-,16-/m1/s1. The average Bonchev–Trinajstić information content (AvgIpc) is 2.82. The Hall–Kier alpha value is -1.42. The lowest BCUT2D eigenvalue weighted by atomic mass is 9.89. The molecule has 0 aliphatic heterocycles. The minimum Gasteiger partial charge on any atom is -0.481 e. The van der Waals surface area contributed by atoms with Crippen molar-refractivity contribution in [3.63, 3.8) is 0 Å². The molecule has 0 saturated heterocycles. The van der Waals surface area contributed by atoms with Crippen LogP contribution in [0.2, 0.25) is 0 Å². The summed E-state index contributed by atoms with van der Waals surface area (Å²) in [5, 5.41) is 18.4. The highest BCUT2D eigenvalue weighted by Crippen LogP contribution is 2.28. The van der Waals surface area contributed by atoms with E-state index in [1.165, 1.54) is 12.8 Å². The van der Waals surface area contributed by atoms with Crippen molar-refractivity contribution in [2.75, 3.05) is 0 Å². The molecule has 1 aliphatic carbocycles. The van der Waals surface area contributed by atoms with Crippen LogP contribution in [0.15, 0.2) is 24.3 Å². The Labute approximate surface area is 132 Å². The smallest absolute Gasteiger partial charge is 0.303 e. The van der Waals surface area contributed by atoms with Gasteiger partial charge in [0.15, 0.2) is 5.78 Å². The first-order valence-electron chi connectivity index (χ1n) is 8.34. The number of ketones is 1. The molecule has 0 bridgehead atoms. The second-order valence-corrected chi connectivity index (χ2v) is 6.04. The summed E-state index contributed by atoms with van der Waals surface area (Å²) in [7, 11) is 0. The molecule has 0 radical (unpaired) electrons. The normalized spacial score (nSPS) is 22.5. The van der Waals surface area contributed by atoms with Gasteiger partial charge in [0.1, 0.15) is 0 Å². The third kappa shape index (κ3) is 7.03. The maximum atomic E-state index is 11.9. The summed E-state index contributed by atoms with van der Waals surface area (Å²) >= 11 is 0. The largest absolute Gasteiger partial charge is 0.481 e. The molecule has 0 aromatic heterocycles. The Morgan fingerprint density at radius 3 is 2.77 bits per heavy atom. The van der Waals surface area contributed by atoms with Crippen LogP contribution >= 0.6 is 0 Å². The van der Waals surface area contributed by atoms with Crippen LogP contribution in [-0.2, 0) is 9.59 Å². The van der Waals surface area contributed by atoms with Crippen LogP contribution in [0, 0.1) is 11.8 Å². The lowest BCUT2D eigenvalue weighted by Gasteiger charge is -2.15. The maximum absolute atomic E-state index is 11.9. The first kappa shape index (κ1) is 18.6. The van der Waals surface area contributed by atoms with E-state index in [2.05, 4.69) is 6.92 Å². The van der Waals surface area contributed by atoms with E-state index in [1.54, 1.807) is 12.2 Å². The van der Waals surface area contributed by atoms with Gasteiger partial charge in [0.2, 0.25) is 0 Å². The summed E-state index contributed by atoms with van der Waals surface area (Å²) in [4.78, 5) is 22.3. The van der Waals surface area contributed by atoms with Crippen LogP contribution in [0.4, 0.5) is 0 Å². The van der Waals surface area contributed by atoms with E-state index in [0.29, 0.717) is 19.3 Å². The quantitative estimate of drug-likeness (QED) is 0.452. The van der Waals surface area contributed by atoms with Crippen molar-refractivity contribution in [3.05, 3.63) is 24.3 Å². The predicted molar refractivity (Wildman–Crippen MR) is 86.5 cm³/mol. The van der Waals surface area contributed by atoms with Gasteiger partial charge in [-0.3, -0.25) is 9.59 Å². The number of carbonyl (C=O) groups is 2. The molecule has 4 nitrogen and oxygen atoms in total. The molecule has 1 rings (SSSR count). The van der Waals surface area contributed by atoms with Crippen molar-refractivity contribution in [2.45, 2.75) is 64.4 Å². The van der Waals surface area contributed by atoms with Gasteiger partial charge in [0.25, 0.3) is 0 Å². The summed E-state index contributed by atoms with van der Waals surface area (Å²) in [5.74, 6) is -0.557. The highest BCUT2D eigenvalue weighted by Gasteiger charge is 2.27. The number of unbranched alkanes of at least 4 members (excludes halogenated alkanes) is 3. The summed E-state index contributed by atoms with van der Waals surface area (Å²) in [5.41, 5.74) is 0. The van der Waals surface area contributed by atoms with E-state index in [-0.39, 0.29) is 24.0 Å². The SMILES string of the molecule is CCCCC[C@@H]1C=CC(=O)[C@@H]1/C=C/[C@H](O)CCCCC(=O)O. The third-order valence-electron chi connectivity index (χ3n) is 4.12. The molecular weight excluding hydrogens is 280 g/mol. The van der Waals surface area contributed by atoms with Crippen LogP contribution in [0.1, 0.15) is 58.3 Å². The first-order chi connectivity index (χ1) is 10.5. The number of hydrogen-bond acceptors (Lipinski definition) is 3. The number of carboxylic acids is 1. The summed E-state index contributed by atoms with van der Waals surface area (Å²) in [6, 6.07) is 0. The number of aliphatic carboxylic acids is 1. The van der Waals surface area contributed by atoms with Gasteiger partial charge in [-0.2, -0.15) is 0 Å². The summed E-state index contributed by atoms with van der Waals surface area (Å²) in [6.45, 7) is 2.16. The number of aliphatic hydroxyl groups excluding tert-OH is 1. The first-order valence-corrected chi connectivity index (χ1v) is 8.34. The predicted octanol–water partition coefficient (Wildman–Crippen LogP) is 3.50. The van der Waals surface area contributed by atoms with Gasteiger partial charge in [-0.05, 0) is 37.7 Å². The molecule has 0 aromatic rings. The molecule has 0 unspecified atom stereocenters. The Morgan fingerprint density at radius 2 is 2.09 bits per heavy atom. The van der Waals surface area contributed by atoms with Crippen molar-refractivity contribution in [1.82, 2.24) is 0 Å². The van der Waals surface area contributed by atoms with E-state index in [9.17, 15) is 14.7 Å². The van der Waals surface area contributed by atoms with E-state index in [4.69, 9.17) is 5.11 Å². The number of hydrogen-bond donors (Lipinski definition) is 2. The molecule has 0 aromatic carbocycles. The molecule has 4 heteroatoms. The van der Waals surface area contributed by atoms with Gasteiger partial charge >= 0.3 is 5.97 Å². The van der Waals surface area contributed by atoms with E-state index in [1.807, 2.05) is 12.2 Å². The molecule has 124 valence electrons. The number of carbonyl (C=O) groups excluding carboxylic acids is 1. The highest BCUT2D eigenvalue weighted by molar-refractivity contribution is 5.95. The van der Waals surface area contributed by atoms with Gasteiger partial charge in [-0.15, -0.1) is 0 Å². The summed E-state index contributed by atoms with van der Waals surface area (Å²) in [6.07, 6.45) is 13.0. The number of allylic oxidation sites excluding steroid dienone is 3. The summed E-state index contributed by atoms with van der Waals surface area (Å²) < 4.78 is 0.